The summed E-state index contributed by atoms with van der Waals surface area (Å²) >= 11 is 0. The molecule has 130 valence electrons. The first kappa shape index (κ1) is 18.3. The third kappa shape index (κ3) is 6.22. The summed E-state index contributed by atoms with van der Waals surface area (Å²) in [6.45, 7) is 3.31. The van der Waals surface area contributed by atoms with E-state index in [1.54, 1.807) is 12.8 Å². The lowest BCUT2D eigenvalue weighted by Crippen LogP contribution is -2.27. The Morgan fingerprint density at radius 3 is 1.77 bits per heavy atom. The van der Waals surface area contributed by atoms with Crippen LogP contribution in [0, 0.1) is 23.7 Å². The quantitative estimate of drug-likeness (QED) is 0.436. The summed E-state index contributed by atoms with van der Waals surface area (Å²) < 4.78 is 5.34. The van der Waals surface area contributed by atoms with Gasteiger partial charge in [0.05, 0.1) is 0 Å². The predicted octanol–water partition coefficient (Wildman–Crippen LogP) is 6.61. The second-order valence-corrected chi connectivity index (χ2v) is 8.22. The molecule has 2 fully saturated rings. The van der Waals surface area contributed by atoms with E-state index < -0.39 is 0 Å². The van der Waals surface area contributed by atoms with Crippen molar-refractivity contribution in [3.05, 3.63) is 0 Å². The Kier molecular flexibility index (Phi) is 8.89. The smallest absolute Gasteiger partial charge is 0.0490 e. The lowest BCUT2D eigenvalue weighted by molar-refractivity contribution is 0.0925. The number of methoxy groups -OCH3 is 1. The van der Waals surface area contributed by atoms with Crippen LogP contribution < -0.4 is 0 Å². The summed E-state index contributed by atoms with van der Waals surface area (Å²) in [5.74, 6) is 4.06. The zero-order valence-electron chi connectivity index (χ0n) is 15.3. The highest BCUT2D eigenvalue weighted by Gasteiger charge is 2.30. The van der Waals surface area contributed by atoms with Crippen LogP contribution in [0.15, 0.2) is 0 Å². The molecule has 2 aliphatic rings. The van der Waals surface area contributed by atoms with Crippen molar-refractivity contribution in [1.82, 2.24) is 0 Å². The van der Waals surface area contributed by atoms with Gasteiger partial charge in [-0.25, -0.2) is 0 Å². The maximum Gasteiger partial charge on any atom is 0.0490 e. The van der Waals surface area contributed by atoms with Crippen molar-refractivity contribution in [2.24, 2.45) is 23.7 Å². The predicted molar refractivity (Wildman–Crippen MR) is 96.1 cm³/mol. The van der Waals surface area contributed by atoms with Crippen molar-refractivity contribution in [3.63, 3.8) is 0 Å². The molecule has 22 heavy (non-hydrogen) atoms. The van der Waals surface area contributed by atoms with Crippen molar-refractivity contribution in [1.29, 1.82) is 0 Å². The van der Waals surface area contributed by atoms with Crippen molar-refractivity contribution in [2.75, 3.05) is 13.7 Å². The highest BCUT2D eigenvalue weighted by Crippen LogP contribution is 2.42. The van der Waals surface area contributed by atoms with Crippen LogP contribution in [0.3, 0.4) is 0 Å². The molecule has 0 aromatic rings. The fourth-order valence-electron chi connectivity index (χ4n) is 5.05. The molecule has 0 aliphatic heterocycles. The molecule has 1 heteroatoms. The maximum absolute atomic E-state index is 5.34. The number of hydrogen-bond acceptors (Lipinski definition) is 1. The van der Waals surface area contributed by atoms with Crippen LogP contribution in [-0.4, -0.2) is 13.7 Å². The maximum atomic E-state index is 5.34. The van der Waals surface area contributed by atoms with Gasteiger partial charge in [-0.2, -0.15) is 0 Å². The molecule has 0 bridgehead atoms. The van der Waals surface area contributed by atoms with Crippen molar-refractivity contribution >= 4 is 0 Å². The Bertz CT molecular complexity index is 259. The molecule has 0 aromatic carbocycles. The van der Waals surface area contributed by atoms with E-state index in [0.29, 0.717) is 0 Å². The van der Waals surface area contributed by atoms with E-state index in [0.717, 1.165) is 30.3 Å². The summed E-state index contributed by atoms with van der Waals surface area (Å²) in [4.78, 5) is 0. The van der Waals surface area contributed by atoms with Gasteiger partial charge in [-0.05, 0) is 62.2 Å². The molecule has 0 amide bonds. The summed E-state index contributed by atoms with van der Waals surface area (Å²) in [5.41, 5.74) is 0. The van der Waals surface area contributed by atoms with Crippen LogP contribution in [-0.2, 0) is 4.74 Å². The normalized spacial score (nSPS) is 33.0. The van der Waals surface area contributed by atoms with E-state index in [1.165, 1.54) is 77.0 Å². The molecule has 2 rings (SSSR count). The lowest BCUT2D eigenvalue weighted by atomic mass is 9.69. The van der Waals surface area contributed by atoms with Gasteiger partial charge in [0.1, 0.15) is 0 Å². The third-order valence-corrected chi connectivity index (χ3v) is 6.57. The van der Waals surface area contributed by atoms with E-state index in [4.69, 9.17) is 4.74 Å². The molecule has 1 nitrogen and oxygen atoms in total. The zero-order chi connectivity index (χ0) is 15.6. The van der Waals surface area contributed by atoms with Crippen LogP contribution in [0.25, 0.3) is 0 Å². The van der Waals surface area contributed by atoms with Crippen LogP contribution in [0.1, 0.15) is 96.8 Å². The number of unbranched alkanes of at least 4 members (excludes halogenated alkanes) is 4. The number of ether oxygens (including phenoxy) is 1. The lowest BCUT2D eigenvalue weighted by Gasteiger charge is -2.37. The fraction of sp³-hybridized carbons (Fsp3) is 1.00. The molecule has 0 radical (unpaired) electrons. The molecule has 0 spiro atoms. The molecule has 0 N–H and O–H groups in total. The molecular formula is C21H40O. The van der Waals surface area contributed by atoms with E-state index in [1.807, 2.05) is 7.11 Å². The Hall–Kier alpha value is -0.0400. The van der Waals surface area contributed by atoms with Gasteiger partial charge in [-0.15, -0.1) is 0 Å². The van der Waals surface area contributed by atoms with Crippen LogP contribution in [0.5, 0.6) is 0 Å². The minimum atomic E-state index is 0.862. The molecular weight excluding hydrogens is 268 g/mol. The Labute approximate surface area is 139 Å². The minimum absolute atomic E-state index is 0.862. The summed E-state index contributed by atoms with van der Waals surface area (Å²) in [5, 5.41) is 0. The Morgan fingerprint density at radius 2 is 1.23 bits per heavy atom. The van der Waals surface area contributed by atoms with Crippen LogP contribution >= 0.6 is 0 Å². The summed E-state index contributed by atoms with van der Waals surface area (Å²) in [7, 11) is 1.86. The fourth-order valence-corrected chi connectivity index (χ4v) is 5.05. The van der Waals surface area contributed by atoms with Crippen molar-refractivity contribution < 1.29 is 4.74 Å². The molecule has 0 heterocycles. The SMILES string of the molecule is CCCCCCCC1CCC([C@H]2CC[C@H](COC)CC2)CC1. The van der Waals surface area contributed by atoms with Gasteiger partial charge >= 0.3 is 0 Å². The minimum Gasteiger partial charge on any atom is -0.384 e. The highest BCUT2D eigenvalue weighted by atomic mass is 16.5. The Balaban J connectivity index is 1.55. The van der Waals surface area contributed by atoms with Gasteiger partial charge in [0.2, 0.25) is 0 Å². The monoisotopic (exact) mass is 308 g/mol. The molecule has 2 aliphatic carbocycles. The topological polar surface area (TPSA) is 9.23 Å². The van der Waals surface area contributed by atoms with Crippen LogP contribution in [0.2, 0.25) is 0 Å². The van der Waals surface area contributed by atoms with E-state index in [2.05, 4.69) is 6.92 Å². The Morgan fingerprint density at radius 1 is 0.682 bits per heavy atom. The number of hydrogen-bond donors (Lipinski definition) is 0. The van der Waals surface area contributed by atoms with E-state index in [9.17, 15) is 0 Å². The largest absolute Gasteiger partial charge is 0.384 e. The molecule has 0 saturated heterocycles. The third-order valence-electron chi connectivity index (χ3n) is 6.57. The average Bonchev–Trinajstić information content (AvgIpc) is 2.56. The summed E-state index contributed by atoms with van der Waals surface area (Å²) in [6, 6.07) is 0. The van der Waals surface area contributed by atoms with E-state index in [-0.39, 0.29) is 0 Å². The van der Waals surface area contributed by atoms with Crippen molar-refractivity contribution in [3.8, 4) is 0 Å². The zero-order valence-corrected chi connectivity index (χ0v) is 15.3. The van der Waals surface area contributed by atoms with Gasteiger partial charge in [0, 0.05) is 13.7 Å². The average molecular weight is 309 g/mol. The second kappa shape index (κ2) is 10.7. The standard InChI is InChI=1S/C21H40O/c1-3-4-5-6-7-8-18-9-13-20(14-10-18)21-15-11-19(12-16-21)17-22-2/h18-21H,3-17H2,1-2H3/t18?,19-,20?,21-. The highest BCUT2D eigenvalue weighted by molar-refractivity contribution is 4.82. The van der Waals surface area contributed by atoms with Gasteiger partial charge in [-0.1, -0.05) is 58.3 Å². The van der Waals surface area contributed by atoms with Gasteiger partial charge < -0.3 is 4.74 Å². The van der Waals surface area contributed by atoms with Crippen molar-refractivity contribution in [2.45, 2.75) is 96.8 Å². The number of rotatable bonds is 9. The first-order valence-corrected chi connectivity index (χ1v) is 10.3. The van der Waals surface area contributed by atoms with Gasteiger partial charge in [-0.3, -0.25) is 0 Å². The van der Waals surface area contributed by atoms with Gasteiger partial charge in [0.25, 0.3) is 0 Å². The van der Waals surface area contributed by atoms with Gasteiger partial charge in [0.15, 0.2) is 0 Å². The van der Waals surface area contributed by atoms with E-state index >= 15 is 0 Å². The first-order valence-electron chi connectivity index (χ1n) is 10.3. The molecule has 0 aromatic heterocycles. The first-order chi connectivity index (χ1) is 10.8. The summed E-state index contributed by atoms with van der Waals surface area (Å²) in [6.07, 6.45) is 20.8. The molecule has 0 atom stereocenters. The molecule has 0 unspecified atom stereocenters. The van der Waals surface area contributed by atoms with Crippen LogP contribution in [0.4, 0.5) is 0 Å². The second-order valence-electron chi connectivity index (χ2n) is 8.22. The molecule has 2 saturated carbocycles.